The van der Waals surface area contributed by atoms with Crippen molar-refractivity contribution in [2.75, 3.05) is 38.3 Å². The van der Waals surface area contributed by atoms with Gasteiger partial charge in [-0.3, -0.25) is 9.59 Å². The Kier molecular flexibility index (Phi) is 5.08. The number of morpholine rings is 1. The number of likely N-dealkylation sites (N-methyl/N-ethyl adjacent to an activating group) is 1. The van der Waals surface area contributed by atoms with Crippen molar-refractivity contribution >= 4 is 23.5 Å². The van der Waals surface area contributed by atoms with E-state index in [4.69, 9.17) is 9.47 Å². The molecule has 2 saturated heterocycles. The number of nitrogens with zero attached hydrogens (tertiary/aromatic N) is 2. The lowest BCUT2D eigenvalue weighted by atomic mass is 9.86. The third kappa shape index (κ3) is 3.10. The van der Waals surface area contributed by atoms with Gasteiger partial charge in [0.2, 0.25) is 5.91 Å². The first-order valence-corrected chi connectivity index (χ1v) is 8.57. The highest BCUT2D eigenvalue weighted by Gasteiger charge is 2.51. The first kappa shape index (κ1) is 18.1. The molecule has 2 heterocycles. The molecule has 3 rings (SSSR count). The van der Waals surface area contributed by atoms with Crippen molar-refractivity contribution in [3.05, 3.63) is 42.5 Å². The number of carbonyl (C=O) groups is 3. The summed E-state index contributed by atoms with van der Waals surface area (Å²) in [6, 6.07) is 6.73. The Morgan fingerprint density at radius 1 is 1.19 bits per heavy atom. The van der Waals surface area contributed by atoms with Crippen LogP contribution in [0.15, 0.2) is 36.9 Å². The van der Waals surface area contributed by atoms with E-state index in [1.165, 1.54) is 11.0 Å². The Labute approximate surface area is 152 Å². The smallest absolute Gasteiger partial charge is 0.332 e. The molecule has 0 bridgehead atoms. The molecule has 2 fully saturated rings. The molecule has 2 amide bonds. The van der Waals surface area contributed by atoms with Gasteiger partial charge in [-0.05, 0) is 30.3 Å². The first-order chi connectivity index (χ1) is 12.5. The van der Waals surface area contributed by atoms with E-state index in [1.807, 2.05) is 0 Å². The maximum Gasteiger partial charge on any atom is 0.332 e. The molecule has 1 spiro atoms. The van der Waals surface area contributed by atoms with E-state index < -0.39 is 5.54 Å². The number of anilines is 1. The van der Waals surface area contributed by atoms with E-state index in [0.29, 0.717) is 43.9 Å². The van der Waals surface area contributed by atoms with Crippen LogP contribution in [0.2, 0.25) is 0 Å². The van der Waals surface area contributed by atoms with Gasteiger partial charge in [0.25, 0.3) is 5.91 Å². The van der Waals surface area contributed by atoms with Crippen molar-refractivity contribution in [2.24, 2.45) is 0 Å². The zero-order valence-corrected chi connectivity index (χ0v) is 14.8. The topological polar surface area (TPSA) is 76.2 Å². The van der Waals surface area contributed by atoms with E-state index in [1.54, 1.807) is 36.2 Å². The quantitative estimate of drug-likeness (QED) is 0.603. The molecule has 138 valence electrons. The maximum absolute atomic E-state index is 13.1. The van der Waals surface area contributed by atoms with E-state index in [0.717, 1.165) is 0 Å². The summed E-state index contributed by atoms with van der Waals surface area (Å²) in [5.41, 5.74) is 0.182. The number of cyclic esters (lactones) is 1. The van der Waals surface area contributed by atoms with Crippen molar-refractivity contribution in [3.8, 4) is 0 Å². The van der Waals surface area contributed by atoms with Crippen LogP contribution in [0.1, 0.15) is 23.2 Å². The number of rotatable bonds is 3. The Morgan fingerprint density at radius 2 is 1.85 bits per heavy atom. The van der Waals surface area contributed by atoms with Crippen LogP contribution < -0.4 is 4.90 Å². The lowest BCUT2D eigenvalue weighted by Crippen LogP contribution is -2.64. The summed E-state index contributed by atoms with van der Waals surface area (Å²) in [6.07, 6.45) is 2.10. The molecule has 2 aliphatic heterocycles. The van der Waals surface area contributed by atoms with Crippen LogP contribution >= 0.6 is 0 Å². The number of ether oxygens (including phenoxy) is 2. The predicted octanol–water partition coefficient (Wildman–Crippen LogP) is 1.38. The van der Waals surface area contributed by atoms with Gasteiger partial charge in [-0.25, -0.2) is 4.79 Å². The molecule has 0 atom stereocenters. The molecule has 0 N–H and O–H groups in total. The Morgan fingerprint density at radius 3 is 2.46 bits per heavy atom. The minimum absolute atomic E-state index is 0.196. The number of benzene rings is 1. The predicted molar refractivity (Wildman–Crippen MR) is 94.8 cm³/mol. The second-order valence-electron chi connectivity index (χ2n) is 6.38. The lowest BCUT2D eigenvalue weighted by molar-refractivity contribution is -0.172. The lowest BCUT2D eigenvalue weighted by Gasteiger charge is -2.46. The molecule has 0 saturated carbocycles. The van der Waals surface area contributed by atoms with Crippen molar-refractivity contribution in [1.29, 1.82) is 0 Å². The third-order valence-corrected chi connectivity index (χ3v) is 5.02. The number of amides is 2. The van der Waals surface area contributed by atoms with Crippen LogP contribution in [0.25, 0.3) is 0 Å². The van der Waals surface area contributed by atoms with Gasteiger partial charge in [-0.1, -0.05) is 6.58 Å². The van der Waals surface area contributed by atoms with Gasteiger partial charge in [0.05, 0.1) is 6.54 Å². The summed E-state index contributed by atoms with van der Waals surface area (Å²) in [6.45, 7) is 4.87. The summed E-state index contributed by atoms with van der Waals surface area (Å²) >= 11 is 0. The zero-order chi connectivity index (χ0) is 18.7. The largest absolute Gasteiger partial charge is 0.462 e. The van der Waals surface area contributed by atoms with Crippen molar-refractivity contribution in [3.63, 3.8) is 0 Å². The highest BCUT2D eigenvalue weighted by atomic mass is 16.5. The molecule has 2 aliphatic rings. The van der Waals surface area contributed by atoms with Crippen LogP contribution in [0.4, 0.5) is 5.69 Å². The second-order valence-corrected chi connectivity index (χ2v) is 6.38. The minimum Gasteiger partial charge on any atom is -0.462 e. The molecule has 7 nitrogen and oxygen atoms in total. The average Bonchev–Trinajstić information content (AvgIpc) is 2.69. The zero-order valence-electron chi connectivity index (χ0n) is 14.8. The molecule has 0 aliphatic carbocycles. The molecule has 0 radical (unpaired) electrons. The van der Waals surface area contributed by atoms with Crippen LogP contribution in [0.3, 0.4) is 0 Å². The monoisotopic (exact) mass is 358 g/mol. The third-order valence-electron chi connectivity index (χ3n) is 5.02. The summed E-state index contributed by atoms with van der Waals surface area (Å²) in [4.78, 5) is 40.3. The molecule has 1 aromatic rings. The number of carbonyl (C=O) groups excluding carboxylic acids is 3. The fourth-order valence-electron chi connectivity index (χ4n) is 3.41. The number of hydrogen-bond donors (Lipinski definition) is 0. The Hall–Kier alpha value is -2.67. The van der Waals surface area contributed by atoms with Gasteiger partial charge >= 0.3 is 5.97 Å². The van der Waals surface area contributed by atoms with Gasteiger partial charge in [-0.2, -0.15) is 0 Å². The molecular formula is C19H22N2O5. The SMILES string of the molecule is C=CC(=O)N(C)c1ccc(C(=O)N2CCOC(=O)C23CCOCC3)cc1. The normalized spacial score (nSPS) is 19.0. The molecular weight excluding hydrogens is 336 g/mol. The summed E-state index contributed by atoms with van der Waals surface area (Å²) < 4.78 is 10.6. The summed E-state index contributed by atoms with van der Waals surface area (Å²) in [5.74, 6) is -0.801. The Balaban J connectivity index is 1.84. The van der Waals surface area contributed by atoms with Crippen LogP contribution in [-0.2, 0) is 19.1 Å². The fraction of sp³-hybridized carbons (Fsp3) is 0.421. The van der Waals surface area contributed by atoms with Crippen molar-refractivity contribution in [2.45, 2.75) is 18.4 Å². The van der Waals surface area contributed by atoms with Crippen molar-refractivity contribution in [1.82, 2.24) is 4.90 Å². The second kappa shape index (κ2) is 7.29. The number of esters is 1. The Bertz CT molecular complexity index is 722. The highest BCUT2D eigenvalue weighted by Crippen LogP contribution is 2.33. The average molecular weight is 358 g/mol. The highest BCUT2D eigenvalue weighted by molar-refractivity contribution is 6.02. The molecule has 26 heavy (non-hydrogen) atoms. The van der Waals surface area contributed by atoms with Gasteiger partial charge in [0.1, 0.15) is 12.1 Å². The van der Waals surface area contributed by atoms with E-state index in [-0.39, 0.29) is 24.4 Å². The summed E-state index contributed by atoms with van der Waals surface area (Å²) in [7, 11) is 1.64. The maximum atomic E-state index is 13.1. The van der Waals surface area contributed by atoms with E-state index >= 15 is 0 Å². The van der Waals surface area contributed by atoms with Gasteiger partial charge in [0, 0.05) is 44.4 Å². The van der Waals surface area contributed by atoms with Crippen LogP contribution in [0, 0.1) is 0 Å². The van der Waals surface area contributed by atoms with Crippen LogP contribution in [0.5, 0.6) is 0 Å². The van der Waals surface area contributed by atoms with Gasteiger partial charge in [-0.15, -0.1) is 0 Å². The molecule has 7 heteroatoms. The van der Waals surface area contributed by atoms with E-state index in [2.05, 4.69) is 6.58 Å². The standard InChI is InChI=1S/C19H22N2O5/c1-3-16(22)20(2)15-6-4-14(5-7-15)17(23)21-10-13-26-18(24)19(21)8-11-25-12-9-19/h3-7H,1,8-13H2,2H3. The molecule has 0 unspecified atom stereocenters. The summed E-state index contributed by atoms with van der Waals surface area (Å²) in [5, 5.41) is 0. The fourth-order valence-corrected chi connectivity index (χ4v) is 3.41. The van der Waals surface area contributed by atoms with Gasteiger partial charge in [0.15, 0.2) is 0 Å². The minimum atomic E-state index is -0.943. The van der Waals surface area contributed by atoms with Crippen LogP contribution in [-0.4, -0.2) is 61.6 Å². The number of hydrogen-bond acceptors (Lipinski definition) is 5. The van der Waals surface area contributed by atoms with Gasteiger partial charge < -0.3 is 19.3 Å². The first-order valence-electron chi connectivity index (χ1n) is 8.57. The molecule has 1 aromatic carbocycles. The van der Waals surface area contributed by atoms with E-state index in [9.17, 15) is 14.4 Å². The molecule has 0 aromatic heterocycles. The van der Waals surface area contributed by atoms with Crippen molar-refractivity contribution < 1.29 is 23.9 Å².